The maximum atomic E-state index is 11.2. The molecule has 0 heterocycles. The van der Waals surface area contributed by atoms with E-state index < -0.39 is 5.54 Å². The van der Waals surface area contributed by atoms with Crippen molar-refractivity contribution in [3.63, 3.8) is 0 Å². The predicted octanol–water partition coefficient (Wildman–Crippen LogP) is 0.0613. The summed E-state index contributed by atoms with van der Waals surface area (Å²) >= 11 is 0. The monoisotopic (exact) mass is 201 g/mol. The Morgan fingerprint density at radius 3 is 2.14 bits per heavy atom. The highest BCUT2D eigenvalue weighted by atomic mass is 16.2. The van der Waals surface area contributed by atoms with E-state index in [-0.39, 0.29) is 18.2 Å². The van der Waals surface area contributed by atoms with Crippen molar-refractivity contribution >= 4 is 11.8 Å². The van der Waals surface area contributed by atoms with Crippen molar-refractivity contribution in [2.24, 2.45) is 5.73 Å². The largest absolute Gasteiger partial charge is 0.325 e. The molecule has 5 heteroatoms. The van der Waals surface area contributed by atoms with Crippen LogP contribution in [0.3, 0.4) is 0 Å². The lowest BCUT2D eigenvalue weighted by atomic mass is 10.0. The van der Waals surface area contributed by atoms with Gasteiger partial charge in [-0.25, -0.2) is 0 Å². The first-order valence-corrected chi connectivity index (χ1v) is 4.71. The second-order valence-electron chi connectivity index (χ2n) is 4.01. The molecule has 14 heavy (non-hydrogen) atoms. The third-order valence-corrected chi connectivity index (χ3v) is 1.43. The Balaban J connectivity index is 3.70. The lowest BCUT2D eigenvalue weighted by molar-refractivity contribution is -0.129. The highest BCUT2D eigenvalue weighted by Gasteiger charge is 2.16. The Hall–Kier alpha value is -1.10. The third kappa shape index (κ3) is 7.54. The summed E-state index contributed by atoms with van der Waals surface area (Å²) in [5.74, 6) is -0.461. The number of nitrogens with one attached hydrogen (secondary N) is 2. The Bertz CT molecular complexity index is 209. The molecule has 0 aliphatic heterocycles. The first-order chi connectivity index (χ1) is 6.35. The van der Waals surface area contributed by atoms with Crippen LogP contribution in [0.4, 0.5) is 0 Å². The molecule has 0 fully saturated rings. The highest BCUT2D eigenvalue weighted by molar-refractivity contribution is 5.82. The van der Waals surface area contributed by atoms with E-state index in [1.165, 1.54) is 0 Å². The Morgan fingerprint density at radius 1 is 1.21 bits per heavy atom. The molecule has 0 aromatic carbocycles. The van der Waals surface area contributed by atoms with Crippen molar-refractivity contribution in [1.82, 2.24) is 10.9 Å². The number of nitrogens with two attached hydrogens (primary N) is 1. The SMILES string of the molecule is CCCC(=O)NNC(=O)CC(C)(C)N. The lowest BCUT2D eigenvalue weighted by Gasteiger charge is -2.17. The fourth-order valence-corrected chi connectivity index (χ4v) is 0.887. The molecule has 0 aromatic rings. The van der Waals surface area contributed by atoms with E-state index in [1.807, 2.05) is 6.92 Å². The molecule has 0 spiro atoms. The van der Waals surface area contributed by atoms with Crippen molar-refractivity contribution in [3.05, 3.63) is 0 Å². The number of hydrogen-bond donors (Lipinski definition) is 3. The molecule has 0 unspecified atom stereocenters. The molecule has 82 valence electrons. The minimum Gasteiger partial charge on any atom is -0.325 e. The maximum absolute atomic E-state index is 11.2. The summed E-state index contributed by atoms with van der Waals surface area (Å²) in [5.41, 5.74) is 9.69. The van der Waals surface area contributed by atoms with Crippen molar-refractivity contribution < 1.29 is 9.59 Å². The van der Waals surface area contributed by atoms with Crippen LogP contribution >= 0.6 is 0 Å². The topological polar surface area (TPSA) is 84.2 Å². The molecular weight excluding hydrogens is 182 g/mol. The Labute approximate surface area is 84.4 Å². The predicted molar refractivity (Wildman–Crippen MR) is 54.1 cm³/mol. The molecule has 0 saturated carbocycles. The fraction of sp³-hybridized carbons (Fsp3) is 0.778. The molecule has 0 aliphatic carbocycles. The van der Waals surface area contributed by atoms with Gasteiger partial charge >= 0.3 is 0 Å². The van der Waals surface area contributed by atoms with E-state index >= 15 is 0 Å². The van der Waals surface area contributed by atoms with Crippen LogP contribution < -0.4 is 16.6 Å². The van der Waals surface area contributed by atoms with Gasteiger partial charge in [-0.15, -0.1) is 0 Å². The van der Waals surface area contributed by atoms with E-state index in [0.717, 1.165) is 6.42 Å². The van der Waals surface area contributed by atoms with Gasteiger partial charge in [-0.1, -0.05) is 6.92 Å². The van der Waals surface area contributed by atoms with Crippen LogP contribution in [-0.4, -0.2) is 17.4 Å². The van der Waals surface area contributed by atoms with E-state index in [0.29, 0.717) is 6.42 Å². The molecule has 0 saturated heterocycles. The minimum atomic E-state index is -0.556. The quantitative estimate of drug-likeness (QED) is 0.562. The second kappa shape index (κ2) is 5.59. The van der Waals surface area contributed by atoms with E-state index in [1.54, 1.807) is 13.8 Å². The van der Waals surface area contributed by atoms with E-state index in [9.17, 15) is 9.59 Å². The van der Waals surface area contributed by atoms with Crippen LogP contribution in [0.1, 0.15) is 40.0 Å². The second-order valence-corrected chi connectivity index (χ2v) is 4.01. The van der Waals surface area contributed by atoms with Crippen LogP contribution in [0.25, 0.3) is 0 Å². The van der Waals surface area contributed by atoms with Crippen LogP contribution in [0.2, 0.25) is 0 Å². The summed E-state index contributed by atoms with van der Waals surface area (Å²) in [6, 6.07) is 0. The van der Waals surface area contributed by atoms with Gasteiger partial charge in [-0.05, 0) is 20.3 Å². The summed E-state index contributed by atoms with van der Waals surface area (Å²) in [4.78, 5) is 22.1. The van der Waals surface area contributed by atoms with Crippen molar-refractivity contribution in [3.8, 4) is 0 Å². The Kier molecular flexibility index (Phi) is 5.15. The summed E-state index contributed by atoms with van der Waals surface area (Å²) in [5, 5.41) is 0. The molecule has 4 N–H and O–H groups in total. The highest BCUT2D eigenvalue weighted by Crippen LogP contribution is 2.01. The summed E-state index contributed by atoms with van der Waals surface area (Å²) in [6.45, 7) is 5.39. The molecule has 0 aliphatic rings. The zero-order chi connectivity index (χ0) is 11.2. The standard InChI is InChI=1S/C9H19N3O2/c1-4-5-7(13)11-12-8(14)6-9(2,3)10/h4-6,10H2,1-3H3,(H,11,13)(H,12,14). The zero-order valence-electron chi connectivity index (χ0n) is 9.02. The van der Waals surface area contributed by atoms with Crippen molar-refractivity contribution in [2.75, 3.05) is 0 Å². The number of rotatable bonds is 4. The first-order valence-electron chi connectivity index (χ1n) is 4.71. The number of amides is 2. The van der Waals surface area contributed by atoms with Gasteiger partial charge in [0.15, 0.2) is 0 Å². The molecule has 0 atom stereocenters. The van der Waals surface area contributed by atoms with Gasteiger partial charge in [0, 0.05) is 18.4 Å². The van der Waals surface area contributed by atoms with Gasteiger partial charge in [0.05, 0.1) is 0 Å². The van der Waals surface area contributed by atoms with Gasteiger partial charge in [0.25, 0.3) is 0 Å². The summed E-state index contributed by atoms with van der Waals surface area (Å²) < 4.78 is 0. The molecule has 0 aromatic heterocycles. The molecular formula is C9H19N3O2. The van der Waals surface area contributed by atoms with Crippen molar-refractivity contribution in [2.45, 2.75) is 45.6 Å². The number of hydrazine groups is 1. The van der Waals surface area contributed by atoms with Gasteiger partial charge in [0.1, 0.15) is 0 Å². The van der Waals surface area contributed by atoms with Gasteiger partial charge < -0.3 is 5.73 Å². The van der Waals surface area contributed by atoms with Crippen LogP contribution in [0.15, 0.2) is 0 Å². The number of hydrogen-bond acceptors (Lipinski definition) is 3. The van der Waals surface area contributed by atoms with Gasteiger partial charge in [-0.3, -0.25) is 20.4 Å². The van der Waals surface area contributed by atoms with E-state index in [4.69, 9.17) is 5.73 Å². The molecule has 5 nitrogen and oxygen atoms in total. The zero-order valence-corrected chi connectivity index (χ0v) is 9.02. The molecule has 0 radical (unpaired) electrons. The van der Waals surface area contributed by atoms with Gasteiger partial charge in [-0.2, -0.15) is 0 Å². The number of carbonyl (C=O) groups excluding carboxylic acids is 2. The molecule has 2 amide bonds. The maximum Gasteiger partial charge on any atom is 0.240 e. The van der Waals surface area contributed by atoms with Crippen LogP contribution in [0.5, 0.6) is 0 Å². The third-order valence-electron chi connectivity index (χ3n) is 1.43. The van der Waals surface area contributed by atoms with Crippen LogP contribution in [-0.2, 0) is 9.59 Å². The summed E-state index contributed by atoms with van der Waals surface area (Å²) in [7, 11) is 0. The van der Waals surface area contributed by atoms with Crippen molar-refractivity contribution in [1.29, 1.82) is 0 Å². The van der Waals surface area contributed by atoms with Crippen LogP contribution in [0, 0.1) is 0 Å². The van der Waals surface area contributed by atoms with E-state index in [2.05, 4.69) is 10.9 Å². The molecule has 0 rings (SSSR count). The molecule has 0 bridgehead atoms. The number of carbonyl (C=O) groups is 2. The fourth-order valence-electron chi connectivity index (χ4n) is 0.887. The smallest absolute Gasteiger partial charge is 0.240 e. The lowest BCUT2D eigenvalue weighted by Crippen LogP contribution is -2.46. The normalized spacial score (nSPS) is 10.9. The average Bonchev–Trinajstić information content (AvgIpc) is 1.98. The first kappa shape index (κ1) is 12.9. The Morgan fingerprint density at radius 2 is 1.71 bits per heavy atom. The summed E-state index contributed by atoms with van der Waals surface area (Å²) in [6.07, 6.45) is 1.34. The van der Waals surface area contributed by atoms with Gasteiger partial charge in [0.2, 0.25) is 11.8 Å². The minimum absolute atomic E-state index is 0.180. The average molecular weight is 201 g/mol.